The molecule has 0 aromatic carbocycles. The van der Waals surface area contributed by atoms with E-state index >= 15 is 0 Å². The Kier molecular flexibility index (Phi) is 2.47. The van der Waals surface area contributed by atoms with Gasteiger partial charge in [-0.15, -0.1) is 10.2 Å². The number of hydrogen-bond donors (Lipinski definition) is 1. The zero-order chi connectivity index (χ0) is 11.0. The Hall–Kier alpha value is -1.23. The molecule has 1 aliphatic rings. The lowest BCUT2D eigenvalue weighted by atomic mass is 10.1. The van der Waals surface area contributed by atoms with Gasteiger partial charge in [-0.2, -0.15) is 11.8 Å². The van der Waals surface area contributed by atoms with Crippen LogP contribution in [0.1, 0.15) is 24.6 Å². The molecular formula is C11H14N4S. The lowest BCUT2D eigenvalue weighted by Crippen LogP contribution is -2.12. The molecule has 0 saturated carbocycles. The number of pyridine rings is 1. The summed E-state index contributed by atoms with van der Waals surface area (Å²) in [6, 6.07) is 3.77. The summed E-state index contributed by atoms with van der Waals surface area (Å²) in [6.45, 7) is 0. The van der Waals surface area contributed by atoms with E-state index in [0.717, 1.165) is 22.9 Å². The molecule has 3 heterocycles. The number of hydrogen-bond acceptors (Lipinski definition) is 4. The number of anilines is 1. The Bertz CT molecular complexity index is 502. The van der Waals surface area contributed by atoms with Crippen molar-refractivity contribution in [3.63, 3.8) is 0 Å². The first-order valence-electron chi connectivity index (χ1n) is 5.52. The van der Waals surface area contributed by atoms with Crippen LogP contribution >= 0.6 is 11.8 Å². The molecule has 1 unspecified atom stereocenters. The molecule has 3 rings (SSSR count). The Morgan fingerprint density at radius 2 is 2.38 bits per heavy atom. The van der Waals surface area contributed by atoms with Gasteiger partial charge < -0.3 is 5.73 Å². The SMILES string of the molecule is Nc1ccn2c(C3CCCSC3)nnc2c1. The summed E-state index contributed by atoms with van der Waals surface area (Å²) in [7, 11) is 0. The zero-order valence-electron chi connectivity index (χ0n) is 8.97. The lowest BCUT2D eigenvalue weighted by molar-refractivity contribution is 0.617. The van der Waals surface area contributed by atoms with Crippen molar-refractivity contribution in [2.45, 2.75) is 18.8 Å². The topological polar surface area (TPSA) is 56.2 Å². The van der Waals surface area contributed by atoms with Crippen LogP contribution in [0.15, 0.2) is 18.3 Å². The van der Waals surface area contributed by atoms with Crippen LogP contribution in [-0.4, -0.2) is 26.1 Å². The summed E-state index contributed by atoms with van der Waals surface area (Å²) in [5, 5.41) is 8.48. The Labute approximate surface area is 98.2 Å². The van der Waals surface area contributed by atoms with Crippen molar-refractivity contribution in [2.24, 2.45) is 0 Å². The Morgan fingerprint density at radius 3 is 3.19 bits per heavy atom. The van der Waals surface area contributed by atoms with Gasteiger partial charge in [-0.3, -0.25) is 4.40 Å². The molecule has 16 heavy (non-hydrogen) atoms. The summed E-state index contributed by atoms with van der Waals surface area (Å²) in [6.07, 6.45) is 4.47. The van der Waals surface area contributed by atoms with Crippen LogP contribution in [0.25, 0.3) is 5.65 Å². The van der Waals surface area contributed by atoms with Crippen LogP contribution in [0, 0.1) is 0 Å². The predicted octanol–water partition coefficient (Wildman–Crippen LogP) is 1.92. The van der Waals surface area contributed by atoms with Gasteiger partial charge in [0.15, 0.2) is 5.65 Å². The number of nitrogens with two attached hydrogens (primary N) is 1. The van der Waals surface area contributed by atoms with Gasteiger partial charge in [0.1, 0.15) is 5.82 Å². The first-order valence-corrected chi connectivity index (χ1v) is 6.68. The minimum absolute atomic E-state index is 0.539. The van der Waals surface area contributed by atoms with E-state index in [1.54, 1.807) is 0 Å². The van der Waals surface area contributed by atoms with E-state index in [4.69, 9.17) is 5.73 Å². The van der Waals surface area contributed by atoms with E-state index in [2.05, 4.69) is 14.6 Å². The largest absolute Gasteiger partial charge is 0.399 e. The van der Waals surface area contributed by atoms with Crippen molar-refractivity contribution in [1.82, 2.24) is 14.6 Å². The number of nitrogen functional groups attached to an aromatic ring is 1. The monoisotopic (exact) mass is 234 g/mol. The molecule has 1 fully saturated rings. The molecule has 1 atom stereocenters. The molecule has 84 valence electrons. The summed E-state index contributed by atoms with van der Waals surface area (Å²) in [5.41, 5.74) is 7.32. The second-order valence-electron chi connectivity index (χ2n) is 4.16. The standard InChI is InChI=1S/C11H14N4S/c12-9-3-4-15-10(6-9)13-14-11(15)8-2-1-5-16-7-8/h3-4,6,8H,1-2,5,7,12H2. The van der Waals surface area contributed by atoms with Gasteiger partial charge in [0.05, 0.1) is 0 Å². The van der Waals surface area contributed by atoms with Crippen molar-refractivity contribution in [3.8, 4) is 0 Å². The maximum atomic E-state index is 5.73. The number of thioether (sulfide) groups is 1. The van der Waals surface area contributed by atoms with Crippen molar-refractivity contribution in [3.05, 3.63) is 24.2 Å². The number of fused-ring (bicyclic) bond motifs is 1. The molecule has 5 heteroatoms. The predicted molar refractivity (Wildman–Crippen MR) is 66.7 cm³/mol. The fraction of sp³-hybridized carbons (Fsp3) is 0.455. The normalized spacial score (nSPS) is 21.4. The summed E-state index contributed by atoms with van der Waals surface area (Å²) in [5.74, 6) is 4.06. The van der Waals surface area contributed by atoms with Gasteiger partial charge in [-0.25, -0.2) is 0 Å². The van der Waals surface area contributed by atoms with Gasteiger partial charge >= 0.3 is 0 Å². The number of rotatable bonds is 1. The average molecular weight is 234 g/mol. The molecule has 2 N–H and O–H groups in total. The van der Waals surface area contributed by atoms with Gasteiger partial charge in [-0.05, 0) is 24.7 Å². The van der Waals surface area contributed by atoms with E-state index in [0.29, 0.717) is 5.92 Å². The molecule has 0 radical (unpaired) electrons. The highest BCUT2D eigenvalue weighted by atomic mass is 32.2. The molecule has 1 saturated heterocycles. The van der Waals surface area contributed by atoms with Crippen LogP contribution in [0.2, 0.25) is 0 Å². The fourth-order valence-electron chi connectivity index (χ4n) is 2.15. The van der Waals surface area contributed by atoms with Crippen LogP contribution < -0.4 is 5.73 Å². The highest BCUT2D eigenvalue weighted by Gasteiger charge is 2.20. The van der Waals surface area contributed by atoms with Crippen molar-refractivity contribution in [2.75, 3.05) is 17.2 Å². The second-order valence-corrected chi connectivity index (χ2v) is 5.31. The van der Waals surface area contributed by atoms with Crippen LogP contribution in [0.5, 0.6) is 0 Å². The molecule has 0 spiro atoms. The van der Waals surface area contributed by atoms with Crippen LogP contribution in [0.3, 0.4) is 0 Å². The second kappa shape index (κ2) is 3.97. The minimum Gasteiger partial charge on any atom is -0.399 e. The molecule has 0 bridgehead atoms. The van der Waals surface area contributed by atoms with Crippen molar-refractivity contribution >= 4 is 23.1 Å². The smallest absolute Gasteiger partial charge is 0.162 e. The molecule has 0 aliphatic carbocycles. The quantitative estimate of drug-likeness (QED) is 0.819. The maximum Gasteiger partial charge on any atom is 0.162 e. The van der Waals surface area contributed by atoms with Crippen molar-refractivity contribution < 1.29 is 0 Å². The fourth-order valence-corrected chi connectivity index (χ4v) is 3.29. The van der Waals surface area contributed by atoms with Crippen molar-refractivity contribution in [1.29, 1.82) is 0 Å². The molecule has 2 aromatic rings. The molecular weight excluding hydrogens is 220 g/mol. The summed E-state index contributed by atoms with van der Waals surface area (Å²) in [4.78, 5) is 0. The van der Waals surface area contributed by atoms with Gasteiger partial charge in [0, 0.05) is 29.6 Å². The lowest BCUT2D eigenvalue weighted by Gasteiger charge is -2.19. The molecule has 1 aliphatic heterocycles. The van der Waals surface area contributed by atoms with Crippen LogP contribution in [-0.2, 0) is 0 Å². The third-order valence-corrected chi connectivity index (χ3v) is 4.20. The van der Waals surface area contributed by atoms with E-state index in [-0.39, 0.29) is 0 Å². The van der Waals surface area contributed by atoms with Gasteiger partial charge in [0.25, 0.3) is 0 Å². The van der Waals surface area contributed by atoms with Gasteiger partial charge in [0.2, 0.25) is 0 Å². The molecule has 2 aromatic heterocycles. The third-order valence-electron chi connectivity index (χ3n) is 2.99. The Morgan fingerprint density at radius 1 is 1.44 bits per heavy atom. The van der Waals surface area contributed by atoms with E-state index in [9.17, 15) is 0 Å². The van der Waals surface area contributed by atoms with E-state index in [1.165, 1.54) is 18.6 Å². The minimum atomic E-state index is 0.539. The summed E-state index contributed by atoms with van der Waals surface area (Å²) >= 11 is 2.01. The van der Waals surface area contributed by atoms with E-state index in [1.807, 2.05) is 30.1 Å². The third kappa shape index (κ3) is 1.65. The number of aromatic nitrogens is 3. The Balaban J connectivity index is 2.03. The average Bonchev–Trinajstić information content (AvgIpc) is 2.73. The first-order chi connectivity index (χ1) is 7.84. The zero-order valence-corrected chi connectivity index (χ0v) is 9.78. The van der Waals surface area contributed by atoms with Gasteiger partial charge in [-0.1, -0.05) is 0 Å². The molecule has 4 nitrogen and oxygen atoms in total. The summed E-state index contributed by atoms with van der Waals surface area (Å²) < 4.78 is 2.06. The van der Waals surface area contributed by atoms with Crippen LogP contribution in [0.4, 0.5) is 5.69 Å². The highest BCUT2D eigenvalue weighted by Crippen LogP contribution is 2.30. The van der Waals surface area contributed by atoms with E-state index < -0.39 is 0 Å². The highest BCUT2D eigenvalue weighted by molar-refractivity contribution is 7.99. The first kappa shape index (κ1) is 9.96. The molecule has 0 amide bonds. The number of nitrogens with zero attached hydrogens (tertiary/aromatic N) is 3. The maximum absolute atomic E-state index is 5.73.